The summed E-state index contributed by atoms with van der Waals surface area (Å²) in [5, 5.41) is 0.0820. The van der Waals surface area contributed by atoms with E-state index in [0.717, 1.165) is 12.8 Å². The highest BCUT2D eigenvalue weighted by molar-refractivity contribution is 6.30. The molecule has 1 unspecified atom stereocenters. The van der Waals surface area contributed by atoms with Crippen LogP contribution in [0.4, 0.5) is 4.39 Å². The molecule has 0 bridgehead atoms. The summed E-state index contributed by atoms with van der Waals surface area (Å²) >= 11 is 5.63. The molecule has 1 aromatic carbocycles. The molecule has 15 heavy (non-hydrogen) atoms. The molecule has 2 nitrogen and oxygen atoms in total. The fraction of sp³-hybridized carbons (Fsp3) is 0.455. The SMILES string of the molecule is CC(CCCN)Oc1ccc(F)c(Cl)c1. The van der Waals surface area contributed by atoms with Gasteiger partial charge in [-0.25, -0.2) is 4.39 Å². The molecule has 0 spiro atoms. The zero-order chi connectivity index (χ0) is 11.3. The van der Waals surface area contributed by atoms with Gasteiger partial charge < -0.3 is 10.5 Å². The lowest BCUT2D eigenvalue weighted by Gasteiger charge is -2.14. The van der Waals surface area contributed by atoms with Gasteiger partial charge in [0.05, 0.1) is 11.1 Å². The third-order valence-corrected chi connectivity index (χ3v) is 2.33. The van der Waals surface area contributed by atoms with Crippen molar-refractivity contribution in [3.63, 3.8) is 0 Å². The van der Waals surface area contributed by atoms with Crippen LogP contribution in [0.2, 0.25) is 5.02 Å². The first-order valence-corrected chi connectivity index (χ1v) is 5.33. The van der Waals surface area contributed by atoms with Crippen molar-refractivity contribution in [1.82, 2.24) is 0 Å². The van der Waals surface area contributed by atoms with Crippen molar-refractivity contribution in [3.8, 4) is 5.75 Å². The van der Waals surface area contributed by atoms with Crippen molar-refractivity contribution < 1.29 is 9.13 Å². The molecule has 4 heteroatoms. The van der Waals surface area contributed by atoms with Crippen LogP contribution in [0.3, 0.4) is 0 Å². The smallest absolute Gasteiger partial charge is 0.142 e. The topological polar surface area (TPSA) is 35.2 Å². The maximum absolute atomic E-state index is 12.8. The Morgan fingerprint density at radius 1 is 1.53 bits per heavy atom. The summed E-state index contributed by atoms with van der Waals surface area (Å²) < 4.78 is 18.4. The van der Waals surface area contributed by atoms with Crippen molar-refractivity contribution in [2.24, 2.45) is 5.73 Å². The highest BCUT2D eigenvalue weighted by atomic mass is 35.5. The van der Waals surface area contributed by atoms with Gasteiger partial charge in [0.2, 0.25) is 0 Å². The normalized spacial score (nSPS) is 12.5. The van der Waals surface area contributed by atoms with Gasteiger partial charge in [-0.1, -0.05) is 11.6 Å². The first-order chi connectivity index (χ1) is 7.13. The minimum absolute atomic E-state index is 0.0649. The Hall–Kier alpha value is -0.800. The Bertz CT molecular complexity index is 319. The lowest BCUT2D eigenvalue weighted by molar-refractivity contribution is 0.208. The van der Waals surface area contributed by atoms with Gasteiger partial charge in [0, 0.05) is 6.07 Å². The van der Waals surface area contributed by atoms with E-state index >= 15 is 0 Å². The summed E-state index contributed by atoms with van der Waals surface area (Å²) in [5.41, 5.74) is 5.39. The van der Waals surface area contributed by atoms with Crippen molar-refractivity contribution >= 4 is 11.6 Å². The van der Waals surface area contributed by atoms with Crippen molar-refractivity contribution in [3.05, 3.63) is 29.0 Å². The van der Waals surface area contributed by atoms with E-state index in [0.29, 0.717) is 12.3 Å². The van der Waals surface area contributed by atoms with Crippen LogP contribution in [-0.2, 0) is 0 Å². The van der Waals surface area contributed by atoms with Crippen LogP contribution < -0.4 is 10.5 Å². The zero-order valence-electron chi connectivity index (χ0n) is 8.67. The monoisotopic (exact) mass is 231 g/mol. The number of benzene rings is 1. The number of rotatable bonds is 5. The molecule has 0 fully saturated rings. The quantitative estimate of drug-likeness (QED) is 0.846. The van der Waals surface area contributed by atoms with Crippen LogP contribution in [0.15, 0.2) is 18.2 Å². The van der Waals surface area contributed by atoms with E-state index in [1.54, 1.807) is 6.07 Å². The molecule has 0 aliphatic rings. The van der Waals surface area contributed by atoms with Crippen molar-refractivity contribution in [2.75, 3.05) is 6.54 Å². The van der Waals surface area contributed by atoms with E-state index in [-0.39, 0.29) is 11.1 Å². The molecule has 0 aliphatic carbocycles. The van der Waals surface area contributed by atoms with Crippen LogP contribution in [0.1, 0.15) is 19.8 Å². The maximum Gasteiger partial charge on any atom is 0.142 e. The molecule has 1 atom stereocenters. The largest absolute Gasteiger partial charge is 0.491 e. The number of ether oxygens (including phenoxy) is 1. The second kappa shape index (κ2) is 5.93. The molecule has 0 radical (unpaired) electrons. The average molecular weight is 232 g/mol. The van der Waals surface area contributed by atoms with E-state index in [9.17, 15) is 4.39 Å². The zero-order valence-corrected chi connectivity index (χ0v) is 9.43. The summed E-state index contributed by atoms with van der Waals surface area (Å²) in [5.74, 6) is 0.157. The fourth-order valence-electron chi connectivity index (χ4n) is 1.25. The molecule has 84 valence electrons. The molecule has 0 aromatic heterocycles. The molecule has 1 aromatic rings. The molecule has 2 N–H and O–H groups in total. The minimum Gasteiger partial charge on any atom is -0.491 e. The predicted molar refractivity (Wildman–Crippen MR) is 59.8 cm³/mol. The molecule has 0 amide bonds. The van der Waals surface area contributed by atoms with Crippen molar-refractivity contribution in [1.29, 1.82) is 0 Å². The average Bonchev–Trinajstić information content (AvgIpc) is 2.20. The lowest BCUT2D eigenvalue weighted by atomic mass is 10.2. The van der Waals surface area contributed by atoms with Crippen LogP contribution in [0.5, 0.6) is 5.75 Å². The van der Waals surface area contributed by atoms with Gasteiger partial charge in [-0.2, -0.15) is 0 Å². The number of halogens is 2. The third kappa shape index (κ3) is 4.06. The van der Waals surface area contributed by atoms with Crippen LogP contribution in [-0.4, -0.2) is 12.6 Å². The minimum atomic E-state index is -0.432. The molecule has 0 aliphatic heterocycles. The first kappa shape index (κ1) is 12.3. The highest BCUT2D eigenvalue weighted by Crippen LogP contribution is 2.22. The van der Waals surface area contributed by atoms with Crippen molar-refractivity contribution in [2.45, 2.75) is 25.9 Å². The van der Waals surface area contributed by atoms with E-state index in [4.69, 9.17) is 22.1 Å². The molecular formula is C11H15ClFNO. The van der Waals surface area contributed by atoms with Crippen LogP contribution in [0, 0.1) is 5.82 Å². The Balaban J connectivity index is 2.53. The molecule has 1 rings (SSSR count). The Morgan fingerprint density at radius 3 is 2.87 bits per heavy atom. The Morgan fingerprint density at radius 2 is 2.27 bits per heavy atom. The third-order valence-electron chi connectivity index (χ3n) is 2.04. The fourth-order valence-corrected chi connectivity index (χ4v) is 1.42. The van der Waals surface area contributed by atoms with Gasteiger partial charge in [0.25, 0.3) is 0 Å². The standard InChI is InChI=1S/C11H15ClFNO/c1-8(3-2-6-14)15-9-4-5-11(13)10(12)7-9/h4-5,7-8H,2-3,6,14H2,1H3. The highest BCUT2D eigenvalue weighted by Gasteiger charge is 2.06. The summed E-state index contributed by atoms with van der Waals surface area (Å²) in [4.78, 5) is 0. The Kier molecular flexibility index (Phi) is 4.85. The van der Waals surface area contributed by atoms with E-state index in [1.807, 2.05) is 6.92 Å². The van der Waals surface area contributed by atoms with Gasteiger partial charge in [-0.15, -0.1) is 0 Å². The second-order valence-electron chi connectivity index (χ2n) is 3.44. The van der Waals surface area contributed by atoms with E-state index < -0.39 is 5.82 Å². The molecule has 0 saturated carbocycles. The van der Waals surface area contributed by atoms with Gasteiger partial charge in [0.1, 0.15) is 11.6 Å². The summed E-state index contributed by atoms with van der Waals surface area (Å²) in [6, 6.07) is 4.35. The lowest BCUT2D eigenvalue weighted by Crippen LogP contribution is -2.13. The van der Waals surface area contributed by atoms with E-state index in [2.05, 4.69) is 0 Å². The summed E-state index contributed by atoms with van der Waals surface area (Å²) in [6.45, 7) is 2.60. The Labute approximate surface area is 94.2 Å². The van der Waals surface area contributed by atoms with Gasteiger partial charge in [-0.3, -0.25) is 0 Å². The number of nitrogens with two attached hydrogens (primary N) is 1. The second-order valence-corrected chi connectivity index (χ2v) is 3.84. The maximum atomic E-state index is 12.8. The molecular weight excluding hydrogens is 217 g/mol. The number of hydrogen-bond donors (Lipinski definition) is 1. The predicted octanol–water partition coefficient (Wildman–Crippen LogP) is 2.99. The summed E-state index contributed by atoms with van der Waals surface area (Å²) in [7, 11) is 0. The number of hydrogen-bond acceptors (Lipinski definition) is 2. The van der Waals surface area contributed by atoms with E-state index in [1.165, 1.54) is 12.1 Å². The first-order valence-electron chi connectivity index (χ1n) is 4.95. The van der Waals surface area contributed by atoms with Gasteiger partial charge in [0.15, 0.2) is 0 Å². The summed E-state index contributed by atoms with van der Waals surface area (Å²) in [6.07, 6.45) is 1.86. The van der Waals surface area contributed by atoms with Gasteiger partial charge >= 0.3 is 0 Å². The van der Waals surface area contributed by atoms with Gasteiger partial charge in [-0.05, 0) is 38.4 Å². The molecule has 0 saturated heterocycles. The molecule has 0 heterocycles. The van der Waals surface area contributed by atoms with Crippen LogP contribution >= 0.6 is 11.6 Å². The van der Waals surface area contributed by atoms with Crippen LogP contribution in [0.25, 0.3) is 0 Å².